The van der Waals surface area contributed by atoms with Gasteiger partial charge in [0, 0.05) is 11.5 Å². The van der Waals surface area contributed by atoms with Crippen molar-refractivity contribution in [2.75, 3.05) is 6.67 Å². The highest BCUT2D eigenvalue weighted by atomic mass is 32.2. The maximum absolute atomic E-state index is 12.3. The molecule has 0 saturated heterocycles. The molecule has 0 amide bonds. The van der Waals surface area contributed by atoms with Gasteiger partial charge in [0.2, 0.25) is 0 Å². The van der Waals surface area contributed by atoms with Crippen LogP contribution in [0.4, 0.5) is 4.39 Å². The summed E-state index contributed by atoms with van der Waals surface area (Å²) in [5.41, 5.74) is 5.46. The molecule has 2 rings (SSSR count). The van der Waals surface area contributed by atoms with E-state index in [0.717, 1.165) is 11.5 Å². The van der Waals surface area contributed by atoms with Crippen LogP contribution in [-0.4, -0.2) is 22.5 Å². The molecule has 0 bridgehead atoms. The Morgan fingerprint density at radius 1 is 1.22 bits per heavy atom. The summed E-state index contributed by atoms with van der Waals surface area (Å²) in [7, 11) is 0. The van der Waals surface area contributed by atoms with Crippen molar-refractivity contribution in [3.05, 3.63) is 34.4 Å². The number of halogens is 1. The predicted octanol–water partition coefficient (Wildman–Crippen LogP) is 3.83. The van der Waals surface area contributed by atoms with Crippen molar-refractivity contribution in [1.82, 2.24) is 0 Å². The van der Waals surface area contributed by atoms with Crippen LogP contribution < -0.4 is 0 Å². The largest absolute Gasteiger partial charge is 0.390 e. The molecule has 1 N–H and O–H groups in total. The number of benzene rings is 1. The van der Waals surface area contributed by atoms with Crippen molar-refractivity contribution >= 4 is 23.5 Å². The average Bonchev–Trinajstić information content (AvgIpc) is 2.53. The number of aliphatic hydroxyl groups excluding tert-OH is 1. The lowest BCUT2D eigenvalue weighted by atomic mass is 10.0. The molecular formula is C14H19FOS2. The van der Waals surface area contributed by atoms with Crippen LogP contribution in [0.3, 0.4) is 0 Å². The molecule has 0 radical (unpaired) electrons. The van der Waals surface area contributed by atoms with Gasteiger partial charge < -0.3 is 5.11 Å². The van der Waals surface area contributed by atoms with Crippen molar-refractivity contribution in [1.29, 1.82) is 0 Å². The van der Waals surface area contributed by atoms with E-state index in [1.54, 1.807) is 0 Å². The molecule has 100 valence electrons. The molecule has 1 aliphatic rings. The lowest BCUT2D eigenvalue weighted by molar-refractivity contribution is 0.135. The van der Waals surface area contributed by atoms with Gasteiger partial charge in [-0.25, -0.2) is 4.39 Å². The average molecular weight is 286 g/mol. The zero-order valence-corrected chi connectivity index (χ0v) is 12.4. The normalized spacial score (nSPS) is 18.2. The van der Waals surface area contributed by atoms with Gasteiger partial charge >= 0.3 is 0 Å². The molecule has 1 unspecified atom stereocenters. The van der Waals surface area contributed by atoms with E-state index < -0.39 is 12.8 Å². The second kappa shape index (κ2) is 6.31. The number of thioether (sulfide) groups is 2. The summed E-state index contributed by atoms with van der Waals surface area (Å²) in [6, 6.07) is 4.54. The zero-order chi connectivity index (χ0) is 13.1. The number of aryl methyl sites for hydroxylation is 2. The van der Waals surface area contributed by atoms with E-state index in [2.05, 4.69) is 26.0 Å². The van der Waals surface area contributed by atoms with Crippen LogP contribution in [0.2, 0.25) is 0 Å². The molecule has 1 nitrogen and oxygen atoms in total. The number of aliphatic hydroxyl groups is 1. The number of alkyl halides is 1. The van der Waals surface area contributed by atoms with E-state index in [4.69, 9.17) is 0 Å². The lowest BCUT2D eigenvalue weighted by Crippen LogP contribution is -2.14. The minimum atomic E-state index is -0.806. The second-order valence-corrected chi connectivity index (χ2v) is 7.48. The van der Waals surface area contributed by atoms with Crippen LogP contribution >= 0.6 is 23.5 Å². The fourth-order valence-corrected chi connectivity index (χ4v) is 4.82. The third kappa shape index (κ3) is 3.43. The molecule has 1 atom stereocenters. The van der Waals surface area contributed by atoms with Crippen LogP contribution in [0, 0.1) is 13.8 Å². The maximum Gasteiger partial charge on any atom is 0.115 e. The monoisotopic (exact) mass is 286 g/mol. The zero-order valence-electron chi connectivity index (χ0n) is 10.8. The van der Waals surface area contributed by atoms with Crippen LogP contribution in [0.25, 0.3) is 0 Å². The number of fused-ring (bicyclic) bond motifs is 1. The highest BCUT2D eigenvalue weighted by molar-refractivity contribution is 8.16. The van der Waals surface area contributed by atoms with Crippen molar-refractivity contribution in [2.45, 2.75) is 42.5 Å². The van der Waals surface area contributed by atoms with Crippen LogP contribution in [-0.2, 0) is 11.5 Å². The van der Waals surface area contributed by atoms with Gasteiger partial charge in [-0.05, 0) is 42.5 Å². The molecule has 18 heavy (non-hydrogen) atoms. The summed E-state index contributed by atoms with van der Waals surface area (Å²) < 4.78 is 12.6. The van der Waals surface area contributed by atoms with Gasteiger partial charge in [-0.15, -0.1) is 23.5 Å². The third-order valence-corrected chi connectivity index (χ3v) is 6.21. The highest BCUT2D eigenvalue weighted by Gasteiger charge is 2.20. The van der Waals surface area contributed by atoms with Crippen molar-refractivity contribution < 1.29 is 9.50 Å². The summed E-state index contributed by atoms with van der Waals surface area (Å²) in [5, 5.41) is 9.41. The minimum Gasteiger partial charge on any atom is -0.390 e. The Morgan fingerprint density at radius 2 is 1.72 bits per heavy atom. The van der Waals surface area contributed by atoms with Crippen molar-refractivity contribution in [3.63, 3.8) is 0 Å². The molecule has 0 fully saturated rings. The van der Waals surface area contributed by atoms with Gasteiger partial charge in [0.25, 0.3) is 0 Å². The molecule has 1 aromatic carbocycles. The Bertz CT molecular complexity index is 390. The van der Waals surface area contributed by atoms with Crippen molar-refractivity contribution in [2.24, 2.45) is 0 Å². The van der Waals surface area contributed by atoms with Crippen LogP contribution in [0.5, 0.6) is 0 Å². The van der Waals surface area contributed by atoms with E-state index in [1.807, 2.05) is 23.5 Å². The standard InChI is InChI=1S/C14H19FOS2/c1-9-3-11-7-17-14(5-13(16)6-15)18-8-12(11)4-10(9)2/h3-4,13-14,16H,5-8H2,1-2H3. The van der Waals surface area contributed by atoms with E-state index in [9.17, 15) is 9.50 Å². The van der Waals surface area contributed by atoms with Gasteiger partial charge in [0.05, 0.1) is 10.7 Å². The summed E-state index contributed by atoms with van der Waals surface area (Å²) >= 11 is 3.64. The molecule has 0 aliphatic carbocycles. The van der Waals surface area contributed by atoms with Crippen molar-refractivity contribution in [3.8, 4) is 0 Å². The lowest BCUT2D eigenvalue weighted by Gasteiger charge is -2.15. The van der Waals surface area contributed by atoms with Crippen LogP contribution in [0.1, 0.15) is 28.7 Å². The Balaban J connectivity index is 2.07. The topological polar surface area (TPSA) is 20.2 Å². The minimum absolute atomic E-state index is 0.295. The molecule has 0 saturated carbocycles. The Morgan fingerprint density at radius 3 is 2.17 bits per heavy atom. The first kappa shape index (κ1) is 14.2. The molecule has 4 heteroatoms. The number of hydrogen-bond donors (Lipinski definition) is 1. The maximum atomic E-state index is 12.3. The van der Waals surface area contributed by atoms with E-state index in [1.165, 1.54) is 22.3 Å². The predicted molar refractivity (Wildman–Crippen MR) is 78.9 cm³/mol. The first-order chi connectivity index (χ1) is 8.60. The smallest absolute Gasteiger partial charge is 0.115 e. The quantitative estimate of drug-likeness (QED) is 0.912. The van der Waals surface area contributed by atoms with E-state index >= 15 is 0 Å². The first-order valence-electron chi connectivity index (χ1n) is 6.16. The Kier molecular flexibility index (Phi) is 4.98. The highest BCUT2D eigenvalue weighted by Crippen LogP contribution is 2.38. The Labute approximate surface area is 117 Å². The summed E-state index contributed by atoms with van der Waals surface area (Å²) in [6.45, 7) is 3.65. The number of rotatable bonds is 3. The molecular weight excluding hydrogens is 267 g/mol. The SMILES string of the molecule is Cc1cc2c(cc1C)CSC(CC(O)CF)SC2. The van der Waals surface area contributed by atoms with E-state index in [0.29, 0.717) is 11.0 Å². The molecule has 1 aliphatic heterocycles. The summed E-state index contributed by atoms with van der Waals surface area (Å²) in [5.74, 6) is 1.93. The summed E-state index contributed by atoms with van der Waals surface area (Å²) in [6.07, 6.45) is -0.266. The molecule has 1 heterocycles. The number of hydrogen-bond acceptors (Lipinski definition) is 3. The Hall–Kier alpha value is -0.190. The van der Waals surface area contributed by atoms with Gasteiger partial charge in [-0.3, -0.25) is 0 Å². The molecule has 0 spiro atoms. The molecule has 0 aromatic heterocycles. The second-order valence-electron chi connectivity index (χ2n) is 4.80. The fraction of sp³-hybridized carbons (Fsp3) is 0.571. The first-order valence-corrected chi connectivity index (χ1v) is 8.26. The van der Waals surface area contributed by atoms with Gasteiger partial charge in [0.1, 0.15) is 6.67 Å². The van der Waals surface area contributed by atoms with Gasteiger partial charge in [0.15, 0.2) is 0 Å². The van der Waals surface area contributed by atoms with Crippen LogP contribution in [0.15, 0.2) is 12.1 Å². The van der Waals surface area contributed by atoms with Gasteiger partial charge in [-0.2, -0.15) is 0 Å². The van der Waals surface area contributed by atoms with E-state index in [-0.39, 0.29) is 0 Å². The van der Waals surface area contributed by atoms with Gasteiger partial charge in [-0.1, -0.05) is 12.1 Å². The molecule has 1 aromatic rings. The fourth-order valence-electron chi connectivity index (χ4n) is 2.04. The third-order valence-electron chi connectivity index (χ3n) is 3.31. The summed E-state index contributed by atoms with van der Waals surface area (Å²) in [4.78, 5) is 0.